The third-order valence-electron chi connectivity index (χ3n) is 4.76. The summed E-state index contributed by atoms with van der Waals surface area (Å²) < 4.78 is 21.5. The SMILES string of the molecule is COC(C)(C1=NN(c2ccn(Cc3c(F)cccc3Cl)n2)C(N)S1)c1nc(C)cs1. The molecule has 11 heteroatoms. The molecule has 1 aliphatic rings. The number of thioether (sulfide) groups is 1. The maximum absolute atomic E-state index is 14.1. The summed E-state index contributed by atoms with van der Waals surface area (Å²) in [5.74, 6) is 0.175. The highest BCUT2D eigenvalue weighted by molar-refractivity contribution is 8.15. The average molecular weight is 467 g/mol. The van der Waals surface area contributed by atoms with Crippen LogP contribution in [0.25, 0.3) is 0 Å². The number of methoxy groups -OCH3 is 1. The van der Waals surface area contributed by atoms with E-state index in [1.54, 1.807) is 41.2 Å². The predicted molar refractivity (Wildman–Crippen MR) is 119 cm³/mol. The molecule has 2 unspecified atom stereocenters. The second-order valence-corrected chi connectivity index (χ2v) is 9.23. The van der Waals surface area contributed by atoms with Crippen molar-refractivity contribution in [3.05, 3.63) is 62.9 Å². The number of ether oxygens (including phenoxy) is 1. The fourth-order valence-corrected chi connectivity index (χ4v) is 5.23. The Morgan fingerprint density at radius 1 is 1.37 bits per heavy atom. The minimum absolute atomic E-state index is 0.201. The number of nitrogens with zero attached hydrogens (tertiary/aromatic N) is 5. The second-order valence-electron chi connectivity index (χ2n) is 6.86. The first-order valence-electron chi connectivity index (χ1n) is 9.06. The highest BCUT2D eigenvalue weighted by atomic mass is 35.5. The molecule has 0 radical (unpaired) electrons. The molecule has 0 bridgehead atoms. The molecule has 7 nitrogen and oxygen atoms in total. The van der Waals surface area contributed by atoms with E-state index in [1.807, 2.05) is 19.2 Å². The third-order valence-corrected chi connectivity index (χ3v) is 7.41. The normalized spacial score (nSPS) is 18.5. The summed E-state index contributed by atoms with van der Waals surface area (Å²) in [5.41, 5.74) is 6.34. The smallest absolute Gasteiger partial charge is 0.173 e. The summed E-state index contributed by atoms with van der Waals surface area (Å²) in [6, 6.07) is 6.38. The van der Waals surface area contributed by atoms with Crippen LogP contribution in [0.3, 0.4) is 0 Å². The Hall–Kier alpha value is -1.98. The molecule has 0 aliphatic carbocycles. The number of anilines is 1. The molecular formula is C19H20ClFN6OS2. The minimum Gasteiger partial charge on any atom is -0.364 e. The van der Waals surface area contributed by atoms with Gasteiger partial charge in [-0.1, -0.05) is 29.4 Å². The van der Waals surface area contributed by atoms with Gasteiger partial charge in [0.15, 0.2) is 16.9 Å². The Morgan fingerprint density at radius 3 is 2.83 bits per heavy atom. The lowest BCUT2D eigenvalue weighted by Crippen LogP contribution is -2.33. The number of hydrogen-bond acceptors (Lipinski definition) is 8. The molecule has 0 saturated carbocycles. The fourth-order valence-electron chi connectivity index (χ4n) is 2.98. The number of thiazole rings is 1. The standard InChI is InChI=1S/C19H20ClFN6OS2/c1-11-10-29-16(23-11)19(2,28-3)17-25-27(18(22)30-17)15-7-8-26(24-15)9-12-13(20)5-4-6-14(12)21/h4-8,10,18H,9,22H2,1-3H3. The predicted octanol–water partition coefficient (Wildman–Crippen LogP) is 4.16. The Labute approximate surface area is 186 Å². The lowest BCUT2D eigenvalue weighted by molar-refractivity contribution is 0.0668. The first kappa shape index (κ1) is 21.3. The van der Waals surface area contributed by atoms with Crippen LogP contribution >= 0.6 is 34.7 Å². The van der Waals surface area contributed by atoms with Gasteiger partial charge >= 0.3 is 0 Å². The van der Waals surface area contributed by atoms with Crippen LogP contribution in [-0.2, 0) is 16.9 Å². The molecule has 0 saturated heterocycles. The van der Waals surface area contributed by atoms with E-state index >= 15 is 0 Å². The molecular weight excluding hydrogens is 447 g/mol. The molecule has 1 aliphatic heterocycles. The Morgan fingerprint density at radius 2 is 2.17 bits per heavy atom. The number of hydrogen-bond donors (Lipinski definition) is 1. The van der Waals surface area contributed by atoms with E-state index in [-0.39, 0.29) is 12.4 Å². The van der Waals surface area contributed by atoms with Gasteiger partial charge in [0.1, 0.15) is 15.9 Å². The fraction of sp³-hybridized carbons (Fsp3) is 0.316. The first-order valence-corrected chi connectivity index (χ1v) is 11.2. The number of rotatable bonds is 6. The van der Waals surface area contributed by atoms with Gasteiger partial charge in [-0.05, 0) is 26.0 Å². The van der Waals surface area contributed by atoms with Crippen molar-refractivity contribution in [1.82, 2.24) is 14.8 Å². The maximum Gasteiger partial charge on any atom is 0.173 e. The molecule has 158 valence electrons. The Bertz CT molecular complexity index is 1080. The van der Waals surface area contributed by atoms with Crippen LogP contribution in [0.1, 0.15) is 23.2 Å². The molecule has 2 atom stereocenters. The van der Waals surface area contributed by atoms with Crippen LogP contribution < -0.4 is 10.7 Å². The number of hydrazone groups is 1. The van der Waals surface area contributed by atoms with Crippen LogP contribution in [0, 0.1) is 12.7 Å². The van der Waals surface area contributed by atoms with Gasteiger partial charge in [0, 0.05) is 41.0 Å². The van der Waals surface area contributed by atoms with Crippen molar-refractivity contribution in [3.8, 4) is 0 Å². The number of benzene rings is 1. The van der Waals surface area contributed by atoms with Gasteiger partial charge < -0.3 is 10.5 Å². The quantitative estimate of drug-likeness (QED) is 0.587. The zero-order valence-corrected chi connectivity index (χ0v) is 18.9. The van der Waals surface area contributed by atoms with Crippen molar-refractivity contribution in [1.29, 1.82) is 0 Å². The number of aryl methyl sites for hydroxylation is 1. The van der Waals surface area contributed by atoms with Crippen LogP contribution in [0.15, 0.2) is 40.9 Å². The maximum atomic E-state index is 14.1. The van der Waals surface area contributed by atoms with Gasteiger partial charge in [-0.25, -0.2) is 14.4 Å². The molecule has 2 aromatic heterocycles. The Kier molecular flexibility index (Phi) is 5.86. The molecule has 0 spiro atoms. The van der Waals surface area contributed by atoms with Crippen molar-refractivity contribution in [2.75, 3.05) is 12.1 Å². The summed E-state index contributed by atoms with van der Waals surface area (Å²) in [6.07, 6.45) is 1.74. The van der Waals surface area contributed by atoms with Gasteiger partial charge in [-0.15, -0.1) is 11.3 Å². The summed E-state index contributed by atoms with van der Waals surface area (Å²) in [6.45, 7) is 4.06. The second kappa shape index (κ2) is 8.27. The number of aromatic nitrogens is 3. The van der Waals surface area contributed by atoms with E-state index in [2.05, 4.69) is 15.2 Å². The zero-order chi connectivity index (χ0) is 21.5. The van der Waals surface area contributed by atoms with Crippen molar-refractivity contribution in [2.45, 2.75) is 31.5 Å². The van der Waals surface area contributed by atoms with Crippen molar-refractivity contribution < 1.29 is 9.13 Å². The van der Waals surface area contributed by atoms with Crippen LogP contribution in [0.2, 0.25) is 5.02 Å². The molecule has 1 aromatic carbocycles. The van der Waals surface area contributed by atoms with Gasteiger partial charge in [-0.3, -0.25) is 4.68 Å². The minimum atomic E-state index is -0.806. The van der Waals surface area contributed by atoms with Gasteiger partial charge in [0.05, 0.1) is 6.54 Å². The van der Waals surface area contributed by atoms with E-state index in [4.69, 9.17) is 22.1 Å². The Balaban J connectivity index is 1.60. The average Bonchev–Trinajstić information content (AvgIpc) is 3.44. The van der Waals surface area contributed by atoms with E-state index in [0.29, 0.717) is 21.4 Å². The van der Waals surface area contributed by atoms with E-state index in [0.717, 1.165) is 10.7 Å². The van der Waals surface area contributed by atoms with E-state index in [1.165, 1.54) is 29.2 Å². The summed E-state index contributed by atoms with van der Waals surface area (Å²) >= 11 is 9.03. The van der Waals surface area contributed by atoms with E-state index < -0.39 is 11.1 Å². The van der Waals surface area contributed by atoms with Crippen LogP contribution in [0.4, 0.5) is 10.2 Å². The van der Waals surface area contributed by atoms with Crippen molar-refractivity contribution in [2.24, 2.45) is 10.8 Å². The number of halogens is 2. The third kappa shape index (κ3) is 3.85. The van der Waals surface area contributed by atoms with E-state index in [9.17, 15) is 4.39 Å². The molecule has 0 amide bonds. The van der Waals surface area contributed by atoms with Crippen LogP contribution in [0.5, 0.6) is 0 Å². The summed E-state index contributed by atoms with van der Waals surface area (Å²) in [4.78, 5) is 4.56. The van der Waals surface area contributed by atoms with Gasteiger partial charge in [-0.2, -0.15) is 10.2 Å². The first-order chi connectivity index (χ1) is 14.3. The molecule has 3 aromatic rings. The zero-order valence-electron chi connectivity index (χ0n) is 16.5. The van der Waals surface area contributed by atoms with Crippen molar-refractivity contribution >= 4 is 45.6 Å². The highest BCUT2D eigenvalue weighted by Gasteiger charge is 2.42. The molecule has 30 heavy (non-hydrogen) atoms. The molecule has 4 rings (SSSR count). The largest absolute Gasteiger partial charge is 0.364 e. The lowest BCUT2D eigenvalue weighted by atomic mass is 10.1. The highest BCUT2D eigenvalue weighted by Crippen LogP contribution is 2.39. The summed E-state index contributed by atoms with van der Waals surface area (Å²) in [7, 11) is 1.63. The molecule has 0 fully saturated rings. The topological polar surface area (TPSA) is 81.6 Å². The van der Waals surface area contributed by atoms with Gasteiger partial charge in [0.2, 0.25) is 0 Å². The van der Waals surface area contributed by atoms with Gasteiger partial charge in [0.25, 0.3) is 0 Å². The van der Waals surface area contributed by atoms with Crippen molar-refractivity contribution in [3.63, 3.8) is 0 Å². The monoisotopic (exact) mass is 466 g/mol. The van der Waals surface area contributed by atoms with Crippen LogP contribution in [-0.4, -0.2) is 32.4 Å². The molecule has 3 heterocycles. The number of nitrogens with two attached hydrogens (primary N) is 1. The summed E-state index contributed by atoms with van der Waals surface area (Å²) in [5, 5.41) is 14.6. The lowest BCUT2D eigenvalue weighted by Gasteiger charge is -2.24. The molecule has 2 N–H and O–H groups in total.